The first-order valence-electron chi connectivity index (χ1n) is 5.32. The van der Waals surface area contributed by atoms with E-state index >= 15 is 0 Å². The number of aromatic carboxylic acids is 1. The van der Waals surface area contributed by atoms with Gasteiger partial charge in [0.05, 0.1) is 16.6 Å². The largest absolute Gasteiger partial charge is 0.478 e. The second-order valence-electron chi connectivity index (χ2n) is 3.95. The van der Waals surface area contributed by atoms with E-state index in [2.05, 4.69) is 14.7 Å². The molecule has 1 heterocycles. The fourth-order valence-corrected chi connectivity index (χ4v) is 1.58. The van der Waals surface area contributed by atoms with Crippen LogP contribution < -0.4 is 0 Å². The van der Waals surface area contributed by atoms with E-state index in [-0.39, 0.29) is 16.9 Å². The number of rotatable bonds is 4. The number of nitrogens with one attached hydrogen (secondary N) is 1. The maximum absolute atomic E-state index is 13.4. The van der Waals surface area contributed by atoms with Gasteiger partial charge in [-0.15, -0.1) is 0 Å². The van der Waals surface area contributed by atoms with Crippen LogP contribution in [0.5, 0.6) is 0 Å². The Kier molecular flexibility index (Phi) is 3.62. The number of imidazole rings is 1. The third-order valence-electron chi connectivity index (χ3n) is 2.35. The van der Waals surface area contributed by atoms with Gasteiger partial charge in [0.1, 0.15) is 24.9 Å². The van der Waals surface area contributed by atoms with Crippen molar-refractivity contribution >= 4 is 17.0 Å². The predicted octanol–water partition coefficient (Wildman–Crippen LogP) is 2.48. The fraction of sp³-hybridized carbons (Fsp3) is 0.273. The first-order chi connectivity index (χ1) is 9.26. The van der Waals surface area contributed by atoms with Crippen LogP contribution in [0, 0.1) is 5.82 Å². The highest BCUT2D eigenvalue weighted by Gasteiger charge is 2.27. The van der Waals surface area contributed by atoms with Gasteiger partial charge in [-0.1, -0.05) is 0 Å². The molecule has 2 rings (SSSR count). The first-order valence-corrected chi connectivity index (χ1v) is 5.32. The number of hydrogen-bond acceptors (Lipinski definition) is 3. The average molecular weight is 292 g/mol. The Balaban J connectivity index is 2.19. The molecule has 1 aromatic heterocycles. The van der Waals surface area contributed by atoms with Crippen LogP contribution in [0.25, 0.3) is 11.0 Å². The van der Waals surface area contributed by atoms with Crippen molar-refractivity contribution in [2.45, 2.75) is 12.8 Å². The predicted molar refractivity (Wildman–Crippen MR) is 58.7 cm³/mol. The van der Waals surface area contributed by atoms with Crippen molar-refractivity contribution in [2.24, 2.45) is 0 Å². The zero-order valence-electron chi connectivity index (χ0n) is 9.79. The molecule has 0 atom stereocenters. The van der Waals surface area contributed by atoms with Gasteiger partial charge in [0, 0.05) is 6.07 Å². The van der Waals surface area contributed by atoms with Crippen LogP contribution in [0.2, 0.25) is 0 Å². The molecule has 0 saturated carbocycles. The number of carbonyl (C=O) groups is 1. The normalized spacial score (nSPS) is 12.0. The molecule has 0 aliphatic heterocycles. The number of benzene rings is 1. The second kappa shape index (κ2) is 5.08. The van der Waals surface area contributed by atoms with Crippen LogP contribution in [-0.2, 0) is 11.3 Å². The number of carboxylic acids is 1. The molecular formula is C11H8F4N2O3. The standard InChI is InChI=1S/C11H8F4N2O3/c12-6-2-8-7(1-5(6)10(18)19)16-9(17-8)3-20-4-11(13,14)15/h1-2H,3-4H2,(H,16,17)(H,18,19). The van der Waals surface area contributed by atoms with Gasteiger partial charge in [-0.2, -0.15) is 13.2 Å². The Morgan fingerprint density at radius 2 is 2.10 bits per heavy atom. The second-order valence-corrected chi connectivity index (χ2v) is 3.95. The number of aromatic amines is 1. The highest BCUT2D eigenvalue weighted by atomic mass is 19.4. The number of halogens is 4. The quantitative estimate of drug-likeness (QED) is 0.849. The van der Waals surface area contributed by atoms with Crippen LogP contribution >= 0.6 is 0 Å². The molecule has 0 spiro atoms. The third-order valence-corrected chi connectivity index (χ3v) is 2.35. The van der Waals surface area contributed by atoms with Crippen LogP contribution in [0.15, 0.2) is 12.1 Å². The molecule has 20 heavy (non-hydrogen) atoms. The van der Waals surface area contributed by atoms with Gasteiger partial charge in [0.25, 0.3) is 0 Å². The zero-order chi connectivity index (χ0) is 14.9. The molecule has 5 nitrogen and oxygen atoms in total. The maximum Gasteiger partial charge on any atom is 0.411 e. The molecular weight excluding hydrogens is 284 g/mol. The van der Waals surface area contributed by atoms with Crippen molar-refractivity contribution in [3.63, 3.8) is 0 Å². The van der Waals surface area contributed by atoms with Gasteiger partial charge in [-0.3, -0.25) is 0 Å². The highest BCUT2D eigenvalue weighted by Crippen LogP contribution is 2.19. The zero-order valence-corrected chi connectivity index (χ0v) is 9.79. The minimum Gasteiger partial charge on any atom is -0.478 e. The summed E-state index contributed by atoms with van der Waals surface area (Å²) in [7, 11) is 0. The van der Waals surface area contributed by atoms with Gasteiger partial charge in [0.15, 0.2) is 0 Å². The highest BCUT2D eigenvalue weighted by molar-refractivity contribution is 5.92. The summed E-state index contributed by atoms with van der Waals surface area (Å²) in [6.45, 7) is -1.88. The van der Waals surface area contributed by atoms with Gasteiger partial charge < -0.3 is 14.8 Å². The van der Waals surface area contributed by atoms with E-state index in [9.17, 15) is 22.4 Å². The molecule has 9 heteroatoms. The summed E-state index contributed by atoms with van der Waals surface area (Å²) >= 11 is 0. The molecule has 0 amide bonds. The summed E-state index contributed by atoms with van der Waals surface area (Å²) in [5, 5.41) is 8.74. The smallest absolute Gasteiger partial charge is 0.411 e. The molecule has 0 radical (unpaired) electrons. The molecule has 0 saturated heterocycles. The molecule has 0 aliphatic carbocycles. The number of H-pyrrole nitrogens is 1. The summed E-state index contributed by atoms with van der Waals surface area (Å²) < 4.78 is 53.4. The monoisotopic (exact) mass is 292 g/mol. The number of alkyl halides is 3. The van der Waals surface area contributed by atoms with Crippen molar-refractivity contribution in [1.82, 2.24) is 9.97 Å². The summed E-state index contributed by atoms with van der Waals surface area (Å²) in [5.41, 5.74) is -0.251. The van der Waals surface area contributed by atoms with Crippen molar-refractivity contribution in [1.29, 1.82) is 0 Å². The first kappa shape index (κ1) is 14.3. The molecule has 0 aliphatic rings. The van der Waals surface area contributed by atoms with Crippen molar-refractivity contribution in [3.8, 4) is 0 Å². The minimum atomic E-state index is -4.45. The minimum absolute atomic E-state index is 0.0474. The Hall–Kier alpha value is -2.16. The Morgan fingerprint density at radius 3 is 2.70 bits per heavy atom. The van der Waals surface area contributed by atoms with E-state index in [4.69, 9.17) is 5.11 Å². The lowest BCUT2D eigenvalue weighted by Crippen LogP contribution is -2.16. The van der Waals surface area contributed by atoms with Crippen LogP contribution in [-0.4, -0.2) is 33.8 Å². The van der Waals surface area contributed by atoms with Gasteiger partial charge >= 0.3 is 12.1 Å². The van der Waals surface area contributed by atoms with Crippen molar-refractivity contribution < 1.29 is 32.2 Å². The van der Waals surface area contributed by atoms with E-state index in [1.165, 1.54) is 0 Å². The lowest BCUT2D eigenvalue weighted by atomic mass is 10.2. The molecule has 2 aromatic rings. The summed E-state index contributed by atoms with van der Waals surface area (Å²) in [5.74, 6) is -2.37. The number of carboxylic acid groups (broad SMARTS) is 1. The van der Waals surface area contributed by atoms with E-state index in [1.54, 1.807) is 0 Å². The van der Waals surface area contributed by atoms with E-state index in [1.807, 2.05) is 0 Å². The lowest BCUT2D eigenvalue weighted by Gasteiger charge is -2.05. The number of hydrogen-bond donors (Lipinski definition) is 2. The van der Waals surface area contributed by atoms with Crippen LogP contribution in [0.3, 0.4) is 0 Å². The summed E-state index contributed by atoms with van der Waals surface area (Å²) in [4.78, 5) is 17.1. The maximum atomic E-state index is 13.4. The van der Waals surface area contributed by atoms with Gasteiger partial charge in [-0.25, -0.2) is 14.2 Å². The Bertz CT molecular complexity index is 651. The van der Waals surface area contributed by atoms with Gasteiger partial charge in [0.2, 0.25) is 0 Å². The number of fused-ring (bicyclic) bond motifs is 1. The Labute approximate surface area is 109 Å². The third kappa shape index (κ3) is 3.23. The molecule has 0 bridgehead atoms. The van der Waals surface area contributed by atoms with Crippen LogP contribution in [0.1, 0.15) is 16.2 Å². The van der Waals surface area contributed by atoms with Crippen LogP contribution in [0.4, 0.5) is 17.6 Å². The molecule has 0 unspecified atom stereocenters. The summed E-state index contributed by atoms with van der Waals surface area (Å²) in [6.07, 6.45) is -4.45. The topological polar surface area (TPSA) is 75.2 Å². The molecule has 108 valence electrons. The SMILES string of the molecule is O=C(O)c1cc2nc(COCC(F)(F)F)[nH]c2cc1F. The van der Waals surface area contributed by atoms with Crippen molar-refractivity contribution in [2.75, 3.05) is 6.61 Å². The fourth-order valence-electron chi connectivity index (χ4n) is 1.58. The number of ether oxygens (including phenoxy) is 1. The van der Waals surface area contributed by atoms with E-state index < -0.39 is 36.7 Å². The number of nitrogens with zero attached hydrogens (tertiary/aromatic N) is 1. The lowest BCUT2D eigenvalue weighted by molar-refractivity contribution is -0.177. The van der Waals surface area contributed by atoms with E-state index in [0.717, 1.165) is 12.1 Å². The Morgan fingerprint density at radius 1 is 1.40 bits per heavy atom. The molecule has 2 N–H and O–H groups in total. The van der Waals surface area contributed by atoms with Crippen molar-refractivity contribution in [3.05, 3.63) is 29.3 Å². The average Bonchev–Trinajstić information content (AvgIpc) is 2.67. The molecule has 1 aromatic carbocycles. The molecule has 0 fully saturated rings. The van der Waals surface area contributed by atoms with E-state index in [0.29, 0.717) is 0 Å². The number of aromatic nitrogens is 2. The summed E-state index contributed by atoms with van der Waals surface area (Å²) in [6, 6.07) is 1.91. The van der Waals surface area contributed by atoms with Gasteiger partial charge in [-0.05, 0) is 6.07 Å².